The van der Waals surface area contributed by atoms with Crippen molar-refractivity contribution in [1.29, 1.82) is 0 Å². The highest BCUT2D eigenvalue weighted by Crippen LogP contribution is 2.17. The van der Waals surface area contributed by atoms with Crippen molar-refractivity contribution in [2.45, 2.75) is 26.7 Å². The number of hydrogen-bond acceptors (Lipinski definition) is 4. The van der Waals surface area contributed by atoms with E-state index in [0.29, 0.717) is 11.6 Å². The fourth-order valence-corrected chi connectivity index (χ4v) is 2.21. The molecule has 88 valence electrons. The maximum atomic E-state index is 11.8. The molecule has 1 amide bonds. The van der Waals surface area contributed by atoms with Crippen LogP contribution in [0.1, 0.15) is 25.5 Å². The lowest BCUT2D eigenvalue weighted by molar-refractivity contribution is -0.118. The number of amides is 1. The Hall–Kier alpha value is -1.01. The molecule has 1 aromatic rings. The van der Waals surface area contributed by atoms with E-state index >= 15 is 0 Å². The summed E-state index contributed by atoms with van der Waals surface area (Å²) >= 11 is 6.28. The highest BCUT2D eigenvalue weighted by atomic mass is 32.1. The highest BCUT2D eigenvalue weighted by molar-refractivity contribution is 7.80. The lowest BCUT2D eigenvalue weighted by Crippen LogP contribution is -2.33. The van der Waals surface area contributed by atoms with Crippen LogP contribution in [0.25, 0.3) is 0 Å². The molecule has 3 N–H and O–H groups in total. The van der Waals surface area contributed by atoms with Gasteiger partial charge < -0.3 is 11.1 Å². The first-order valence-electron chi connectivity index (χ1n) is 5.07. The summed E-state index contributed by atoms with van der Waals surface area (Å²) in [6.07, 6.45) is 1.54. The Morgan fingerprint density at radius 1 is 1.75 bits per heavy atom. The molecule has 16 heavy (non-hydrogen) atoms. The third-order valence-corrected chi connectivity index (χ3v) is 3.25. The molecule has 1 unspecified atom stereocenters. The normalized spacial score (nSPS) is 12.1. The molecule has 0 aromatic carbocycles. The van der Waals surface area contributed by atoms with Crippen LogP contribution in [-0.2, 0) is 4.79 Å². The van der Waals surface area contributed by atoms with Crippen LogP contribution in [0.2, 0.25) is 0 Å². The van der Waals surface area contributed by atoms with Crippen molar-refractivity contribution in [2.75, 3.05) is 5.32 Å². The number of nitrogens with one attached hydrogen (secondary N) is 1. The first-order chi connectivity index (χ1) is 7.54. The van der Waals surface area contributed by atoms with Crippen LogP contribution in [-0.4, -0.2) is 15.9 Å². The van der Waals surface area contributed by atoms with E-state index in [4.69, 9.17) is 18.0 Å². The maximum absolute atomic E-state index is 11.8. The molecular formula is C10H15N3OS2. The monoisotopic (exact) mass is 257 g/mol. The lowest BCUT2D eigenvalue weighted by atomic mass is 10.0. The standard InChI is InChI=1S/C10H15N3OS2/c1-3-4-7(8(11)15)9(14)13-10-12-6(2)5-16-10/h5,7H,3-4H2,1-2H3,(H2,11,15)(H,12,13,14). The molecule has 0 aliphatic heterocycles. The van der Waals surface area contributed by atoms with Gasteiger partial charge in [-0.1, -0.05) is 25.6 Å². The average Bonchev–Trinajstić information content (AvgIpc) is 2.59. The average molecular weight is 257 g/mol. The second-order valence-corrected chi connectivity index (χ2v) is 4.86. The Kier molecular flexibility index (Phi) is 4.82. The van der Waals surface area contributed by atoms with Crippen LogP contribution >= 0.6 is 23.6 Å². The topological polar surface area (TPSA) is 68.0 Å². The number of rotatable bonds is 5. The SMILES string of the molecule is CCCC(C(=O)Nc1nc(C)cs1)C(N)=S. The molecule has 4 nitrogen and oxygen atoms in total. The van der Waals surface area contributed by atoms with Crippen LogP contribution in [0.5, 0.6) is 0 Å². The third kappa shape index (κ3) is 3.53. The number of aromatic nitrogens is 1. The second-order valence-electron chi connectivity index (χ2n) is 3.53. The van der Waals surface area contributed by atoms with Crippen molar-refractivity contribution in [1.82, 2.24) is 4.98 Å². The van der Waals surface area contributed by atoms with Gasteiger partial charge in [0, 0.05) is 5.38 Å². The van der Waals surface area contributed by atoms with E-state index in [9.17, 15) is 4.79 Å². The zero-order chi connectivity index (χ0) is 12.1. The summed E-state index contributed by atoms with van der Waals surface area (Å²) in [6.45, 7) is 3.87. The molecule has 0 saturated carbocycles. The maximum Gasteiger partial charge on any atom is 0.236 e. The minimum atomic E-state index is -0.399. The van der Waals surface area contributed by atoms with Crippen molar-refractivity contribution in [3.63, 3.8) is 0 Å². The summed E-state index contributed by atoms with van der Waals surface area (Å²) in [5.74, 6) is -0.562. The Morgan fingerprint density at radius 2 is 2.44 bits per heavy atom. The molecule has 1 rings (SSSR count). The fraction of sp³-hybridized carbons (Fsp3) is 0.500. The Balaban J connectivity index is 2.65. The number of nitrogens with two attached hydrogens (primary N) is 1. The van der Waals surface area contributed by atoms with E-state index in [1.807, 2.05) is 19.2 Å². The molecule has 1 atom stereocenters. The minimum absolute atomic E-state index is 0.163. The summed E-state index contributed by atoms with van der Waals surface area (Å²) in [5, 5.41) is 5.21. The predicted molar refractivity (Wildman–Crippen MR) is 70.7 cm³/mol. The van der Waals surface area contributed by atoms with Gasteiger partial charge in [0.2, 0.25) is 5.91 Å². The van der Waals surface area contributed by atoms with E-state index in [2.05, 4.69) is 10.3 Å². The molecule has 1 aromatic heterocycles. The molecule has 0 spiro atoms. The van der Waals surface area contributed by atoms with Crippen LogP contribution in [0.15, 0.2) is 5.38 Å². The molecule has 0 saturated heterocycles. The number of anilines is 1. The van der Waals surface area contributed by atoms with Gasteiger partial charge in [-0.25, -0.2) is 4.98 Å². The van der Waals surface area contributed by atoms with E-state index in [1.165, 1.54) is 11.3 Å². The van der Waals surface area contributed by atoms with Gasteiger partial charge in [-0.05, 0) is 13.3 Å². The summed E-state index contributed by atoms with van der Waals surface area (Å²) in [7, 11) is 0. The smallest absolute Gasteiger partial charge is 0.236 e. The quantitative estimate of drug-likeness (QED) is 0.793. The van der Waals surface area contributed by atoms with E-state index < -0.39 is 5.92 Å². The molecule has 6 heteroatoms. The van der Waals surface area contributed by atoms with Crippen molar-refractivity contribution < 1.29 is 4.79 Å². The summed E-state index contributed by atoms with van der Waals surface area (Å²) in [5.41, 5.74) is 6.43. The number of carbonyl (C=O) groups is 1. The predicted octanol–water partition coefficient (Wildman–Crippen LogP) is 2.09. The zero-order valence-corrected chi connectivity index (χ0v) is 11.0. The van der Waals surface area contributed by atoms with Crippen LogP contribution < -0.4 is 11.1 Å². The molecule has 0 radical (unpaired) electrons. The van der Waals surface area contributed by atoms with Crippen molar-refractivity contribution in [3.05, 3.63) is 11.1 Å². The summed E-state index contributed by atoms with van der Waals surface area (Å²) in [6, 6.07) is 0. The first kappa shape index (κ1) is 13.1. The van der Waals surface area contributed by atoms with Crippen LogP contribution in [0, 0.1) is 12.8 Å². The first-order valence-corrected chi connectivity index (χ1v) is 6.35. The Bertz CT molecular complexity index is 389. The highest BCUT2D eigenvalue weighted by Gasteiger charge is 2.21. The van der Waals surface area contributed by atoms with Crippen molar-refractivity contribution >= 4 is 39.6 Å². The van der Waals surface area contributed by atoms with Gasteiger partial charge in [0.1, 0.15) is 0 Å². The van der Waals surface area contributed by atoms with Gasteiger partial charge >= 0.3 is 0 Å². The van der Waals surface area contributed by atoms with Gasteiger partial charge in [-0.15, -0.1) is 11.3 Å². The summed E-state index contributed by atoms with van der Waals surface area (Å²) in [4.78, 5) is 16.2. The van der Waals surface area contributed by atoms with Crippen molar-refractivity contribution in [3.8, 4) is 0 Å². The lowest BCUT2D eigenvalue weighted by Gasteiger charge is -2.12. The molecular weight excluding hydrogens is 242 g/mol. The second kappa shape index (κ2) is 5.91. The minimum Gasteiger partial charge on any atom is -0.393 e. The Morgan fingerprint density at radius 3 is 2.88 bits per heavy atom. The molecule has 0 aliphatic rings. The van der Waals surface area contributed by atoms with Gasteiger partial charge in [-0.3, -0.25) is 4.79 Å². The number of thiocarbonyl (C=S) groups is 1. The number of hydrogen-bond donors (Lipinski definition) is 2. The van der Waals surface area contributed by atoms with Gasteiger partial charge in [0.25, 0.3) is 0 Å². The Labute approximate surface area is 104 Å². The molecule has 0 bridgehead atoms. The van der Waals surface area contributed by atoms with Gasteiger partial charge in [0.15, 0.2) is 5.13 Å². The molecule has 0 fully saturated rings. The zero-order valence-electron chi connectivity index (χ0n) is 9.32. The number of nitrogens with zero attached hydrogens (tertiary/aromatic N) is 1. The molecule has 1 heterocycles. The van der Waals surface area contributed by atoms with Crippen LogP contribution in [0.4, 0.5) is 5.13 Å². The van der Waals surface area contributed by atoms with E-state index in [1.54, 1.807) is 0 Å². The van der Waals surface area contributed by atoms with E-state index in [-0.39, 0.29) is 10.9 Å². The van der Waals surface area contributed by atoms with Crippen LogP contribution in [0.3, 0.4) is 0 Å². The number of thiazole rings is 1. The number of aryl methyl sites for hydroxylation is 1. The number of carbonyl (C=O) groups excluding carboxylic acids is 1. The summed E-state index contributed by atoms with van der Waals surface area (Å²) < 4.78 is 0. The van der Waals surface area contributed by atoms with E-state index in [0.717, 1.165) is 12.1 Å². The third-order valence-electron chi connectivity index (χ3n) is 2.09. The molecule has 0 aliphatic carbocycles. The largest absolute Gasteiger partial charge is 0.393 e. The van der Waals surface area contributed by atoms with Gasteiger partial charge in [-0.2, -0.15) is 0 Å². The van der Waals surface area contributed by atoms with Gasteiger partial charge in [0.05, 0.1) is 16.6 Å². The van der Waals surface area contributed by atoms with Crippen molar-refractivity contribution in [2.24, 2.45) is 11.7 Å². The fourth-order valence-electron chi connectivity index (χ4n) is 1.30.